The molecule has 0 aromatic rings. The Morgan fingerprint density at radius 3 is 2.55 bits per heavy atom. The summed E-state index contributed by atoms with van der Waals surface area (Å²) in [6.07, 6.45) is 7.58. The zero-order chi connectivity index (χ0) is 29.9. The Bertz CT molecular complexity index is 1280. The zero-order valence-electron chi connectivity index (χ0n) is 25.2. The van der Waals surface area contributed by atoms with Gasteiger partial charge in [0.05, 0.1) is 18.1 Å². The summed E-state index contributed by atoms with van der Waals surface area (Å²) in [6.45, 7) is 8.73. The van der Waals surface area contributed by atoms with Crippen LogP contribution in [-0.2, 0) is 28.6 Å². The van der Waals surface area contributed by atoms with Crippen LogP contribution in [0.1, 0.15) is 79.1 Å². The van der Waals surface area contributed by atoms with Gasteiger partial charge >= 0.3 is 5.97 Å². The van der Waals surface area contributed by atoms with Gasteiger partial charge in [0, 0.05) is 16.7 Å². The molecule has 8 atom stereocenters. The lowest BCUT2D eigenvalue weighted by molar-refractivity contribution is -0.246. The van der Waals surface area contributed by atoms with Crippen LogP contribution < -0.4 is 5.32 Å². The number of carbonyl (C=O) groups is 3. The van der Waals surface area contributed by atoms with Crippen LogP contribution in [0.3, 0.4) is 0 Å². The highest BCUT2D eigenvalue weighted by Crippen LogP contribution is 2.72. The van der Waals surface area contributed by atoms with Gasteiger partial charge in [0.15, 0.2) is 29.4 Å². The largest absolute Gasteiger partial charge is 0.457 e. The van der Waals surface area contributed by atoms with E-state index in [1.54, 1.807) is 26.8 Å². The molecule has 2 saturated heterocycles. The van der Waals surface area contributed by atoms with E-state index in [0.717, 1.165) is 38.8 Å². The monoisotopic (exact) mass is 585 g/mol. The van der Waals surface area contributed by atoms with Crippen molar-refractivity contribution in [1.82, 2.24) is 5.32 Å². The second-order valence-electron chi connectivity index (χ2n) is 15.2. The van der Waals surface area contributed by atoms with Crippen LogP contribution >= 0.6 is 0 Å². The lowest BCUT2D eigenvalue weighted by atomic mass is 9.44. The lowest BCUT2D eigenvalue weighted by Crippen LogP contribution is -2.70. The van der Waals surface area contributed by atoms with Gasteiger partial charge in [-0.1, -0.05) is 18.6 Å². The van der Waals surface area contributed by atoms with E-state index in [1.165, 1.54) is 12.2 Å². The number of ether oxygens (including phenoxy) is 3. The van der Waals surface area contributed by atoms with Gasteiger partial charge in [-0.25, -0.2) is 4.39 Å². The number of rotatable bonds is 4. The number of piperidine rings is 1. The minimum Gasteiger partial charge on any atom is -0.457 e. The number of allylic oxidation sites excluding steroid dienone is 4. The summed E-state index contributed by atoms with van der Waals surface area (Å²) in [5.41, 5.74) is -4.64. The standard InChI is InChI=1S/C33H44FNO7/c1-28(2)41-26-14-23-22-6-5-20-13-21(36)7-8-29(20,3)32(22,34)24(37)17-30(23,4)33(26,42-28)25(38)18-40-27(39)19-15-31(16-19)9-11-35-12-10-31/h7-8,13,19,22-24,26,35,37H,5-6,9-12,14-18H2,1-4H3/t22-,23-,24-,26+,29-,30-,32-,33+/m0/s1. The van der Waals surface area contributed by atoms with E-state index in [1.807, 2.05) is 6.92 Å². The SMILES string of the molecule is CC1(C)O[C@@H]2C[C@H]3[C@@H]4CCC5=CC(=O)C=C[C@]5(C)[C@@]4(F)[C@@H](O)C[C@]3(C)[C@]2(C(=O)COC(=O)C2CC3(CCNCC3)C2)O1. The molecule has 0 aromatic heterocycles. The van der Waals surface area contributed by atoms with Gasteiger partial charge in [-0.3, -0.25) is 14.4 Å². The first-order valence-corrected chi connectivity index (χ1v) is 15.8. The van der Waals surface area contributed by atoms with Gasteiger partial charge in [-0.15, -0.1) is 0 Å². The predicted molar refractivity (Wildman–Crippen MR) is 150 cm³/mol. The average Bonchev–Trinajstić information content (AvgIpc) is 3.33. The van der Waals surface area contributed by atoms with Crippen LogP contribution in [0.2, 0.25) is 0 Å². The molecule has 6 fully saturated rings. The Morgan fingerprint density at radius 2 is 1.83 bits per heavy atom. The Hall–Kier alpha value is -1.94. The van der Waals surface area contributed by atoms with E-state index in [0.29, 0.717) is 24.8 Å². The van der Waals surface area contributed by atoms with Crippen LogP contribution in [0.4, 0.5) is 4.39 Å². The summed E-state index contributed by atoms with van der Waals surface area (Å²) in [6, 6.07) is 0. The molecule has 42 heavy (non-hydrogen) atoms. The van der Waals surface area contributed by atoms with E-state index >= 15 is 4.39 Å². The van der Waals surface area contributed by atoms with Crippen LogP contribution in [-0.4, -0.2) is 71.6 Å². The Labute approximate surface area is 246 Å². The van der Waals surface area contributed by atoms with E-state index in [4.69, 9.17) is 14.2 Å². The number of ketones is 2. The Balaban J connectivity index is 1.15. The molecule has 8 nitrogen and oxygen atoms in total. The van der Waals surface area contributed by atoms with Gasteiger partial charge in [0.25, 0.3) is 0 Å². The number of fused-ring (bicyclic) bond motifs is 7. The predicted octanol–water partition coefficient (Wildman–Crippen LogP) is 3.75. The van der Waals surface area contributed by atoms with Gasteiger partial charge in [-0.2, -0.15) is 0 Å². The van der Waals surface area contributed by atoms with E-state index in [2.05, 4.69) is 5.32 Å². The van der Waals surface area contributed by atoms with Crippen molar-refractivity contribution in [2.24, 2.45) is 34.0 Å². The van der Waals surface area contributed by atoms with E-state index in [9.17, 15) is 19.5 Å². The quantitative estimate of drug-likeness (QED) is 0.480. The summed E-state index contributed by atoms with van der Waals surface area (Å²) in [5.74, 6) is -3.04. The highest BCUT2D eigenvalue weighted by molar-refractivity contribution is 6.01. The van der Waals surface area contributed by atoms with Crippen LogP contribution in [0, 0.1) is 34.0 Å². The fourth-order valence-electron chi connectivity index (χ4n) is 10.7. The fourth-order valence-corrected chi connectivity index (χ4v) is 10.7. The molecule has 7 aliphatic rings. The molecule has 2 N–H and O–H groups in total. The van der Waals surface area contributed by atoms with Crippen LogP contribution in [0.25, 0.3) is 0 Å². The maximum absolute atomic E-state index is 17.6. The molecule has 9 heteroatoms. The number of aliphatic hydroxyl groups excluding tert-OH is 1. The number of aliphatic hydroxyl groups is 1. The lowest BCUT2D eigenvalue weighted by Gasteiger charge is -2.62. The first-order chi connectivity index (χ1) is 19.7. The summed E-state index contributed by atoms with van der Waals surface area (Å²) >= 11 is 0. The van der Waals surface area contributed by atoms with Crippen molar-refractivity contribution < 1.29 is 38.1 Å². The minimum atomic E-state index is -2.02. The van der Waals surface area contributed by atoms with Crippen molar-refractivity contribution in [3.05, 3.63) is 23.8 Å². The Kier molecular flexibility index (Phi) is 6.21. The van der Waals surface area contributed by atoms with Crippen molar-refractivity contribution in [3.63, 3.8) is 0 Å². The third kappa shape index (κ3) is 3.63. The highest BCUT2D eigenvalue weighted by atomic mass is 19.1. The number of carbonyl (C=O) groups excluding carboxylic acids is 3. The summed E-state index contributed by atoms with van der Waals surface area (Å²) in [5, 5.41) is 15.1. The number of esters is 1. The number of alkyl halides is 1. The molecule has 7 rings (SSSR count). The van der Waals surface area contributed by atoms with Crippen molar-refractivity contribution >= 4 is 17.5 Å². The molecule has 0 radical (unpaired) electrons. The van der Waals surface area contributed by atoms with Crippen molar-refractivity contribution in [2.45, 2.75) is 108 Å². The fraction of sp³-hybridized carbons (Fsp3) is 0.788. The molecule has 1 spiro atoms. The number of halogens is 1. The molecular formula is C33H44FNO7. The summed E-state index contributed by atoms with van der Waals surface area (Å²) in [7, 11) is 0. The van der Waals surface area contributed by atoms with Gasteiger partial charge in [0.1, 0.15) is 0 Å². The maximum Gasteiger partial charge on any atom is 0.309 e. The molecule has 0 bridgehead atoms. The second kappa shape index (κ2) is 9.05. The normalized spacial score (nSPS) is 46.6. The molecule has 2 heterocycles. The van der Waals surface area contributed by atoms with E-state index < -0.39 is 52.6 Å². The average molecular weight is 586 g/mol. The van der Waals surface area contributed by atoms with Gasteiger partial charge < -0.3 is 24.6 Å². The van der Waals surface area contributed by atoms with Crippen molar-refractivity contribution in [1.29, 1.82) is 0 Å². The second-order valence-corrected chi connectivity index (χ2v) is 15.2. The molecule has 230 valence electrons. The van der Waals surface area contributed by atoms with Crippen molar-refractivity contribution in [2.75, 3.05) is 19.7 Å². The number of Topliss-reactive ketones (excluding diaryl/α,β-unsaturated/α-hetero) is 1. The number of hydrogen-bond donors (Lipinski definition) is 2. The van der Waals surface area contributed by atoms with Crippen LogP contribution in [0.15, 0.2) is 23.8 Å². The molecular weight excluding hydrogens is 541 g/mol. The topological polar surface area (TPSA) is 111 Å². The first kappa shape index (κ1) is 28.8. The highest BCUT2D eigenvalue weighted by Gasteiger charge is 2.80. The third-order valence-corrected chi connectivity index (χ3v) is 12.8. The summed E-state index contributed by atoms with van der Waals surface area (Å²) in [4.78, 5) is 39.5. The van der Waals surface area contributed by atoms with Crippen molar-refractivity contribution in [3.8, 4) is 0 Å². The molecule has 0 unspecified atom stereocenters. The molecule has 2 aliphatic heterocycles. The minimum absolute atomic E-state index is 0.00979. The Morgan fingerprint density at radius 1 is 1.12 bits per heavy atom. The molecule has 4 saturated carbocycles. The number of nitrogens with one attached hydrogen (secondary N) is 1. The first-order valence-electron chi connectivity index (χ1n) is 15.8. The third-order valence-electron chi connectivity index (χ3n) is 12.8. The molecule has 5 aliphatic carbocycles. The number of hydrogen-bond acceptors (Lipinski definition) is 8. The van der Waals surface area contributed by atoms with Crippen LogP contribution in [0.5, 0.6) is 0 Å². The van der Waals surface area contributed by atoms with Gasteiger partial charge in [-0.05, 0) is 109 Å². The molecule has 0 amide bonds. The maximum atomic E-state index is 17.6. The summed E-state index contributed by atoms with van der Waals surface area (Å²) < 4.78 is 36.1. The zero-order valence-corrected chi connectivity index (χ0v) is 25.2. The van der Waals surface area contributed by atoms with Gasteiger partial charge in [0.2, 0.25) is 5.78 Å². The van der Waals surface area contributed by atoms with E-state index in [-0.39, 0.29) is 41.2 Å². The smallest absolute Gasteiger partial charge is 0.309 e. The molecule has 0 aromatic carbocycles.